The van der Waals surface area contributed by atoms with Gasteiger partial charge >= 0.3 is 0 Å². The maximum atomic E-state index is 12.2. The molecule has 4 nitrogen and oxygen atoms in total. The molecule has 0 saturated carbocycles. The molecule has 0 atom stereocenters. The second kappa shape index (κ2) is 5.33. The van der Waals surface area contributed by atoms with Crippen LogP contribution in [0.1, 0.15) is 27.9 Å². The monoisotopic (exact) mass is 267 g/mol. The van der Waals surface area contributed by atoms with E-state index >= 15 is 0 Å². The molecule has 1 aromatic heterocycles. The molecular formula is C16H17N3O. The molecule has 0 unspecified atom stereocenters. The van der Waals surface area contributed by atoms with Gasteiger partial charge in [-0.25, -0.2) is 4.98 Å². The number of hydrogen-bond acceptors (Lipinski definition) is 3. The summed E-state index contributed by atoms with van der Waals surface area (Å²) >= 11 is 0. The van der Waals surface area contributed by atoms with E-state index in [-0.39, 0.29) is 5.91 Å². The number of anilines is 2. The number of pyridine rings is 1. The third-order valence-corrected chi connectivity index (χ3v) is 3.63. The van der Waals surface area contributed by atoms with Gasteiger partial charge in [0.1, 0.15) is 5.82 Å². The van der Waals surface area contributed by atoms with Gasteiger partial charge in [0.25, 0.3) is 5.91 Å². The lowest BCUT2D eigenvalue weighted by atomic mass is 10.1. The third-order valence-electron chi connectivity index (χ3n) is 3.63. The predicted octanol–water partition coefficient (Wildman–Crippen LogP) is 2.86. The van der Waals surface area contributed by atoms with Crippen LogP contribution in [0.15, 0.2) is 36.5 Å². The summed E-state index contributed by atoms with van der Waals surface area (Å²) in [4.78, 5) is 16.3. The van der Waals surface area contributed by atoms with Crippen molar-refractivity contribution in [3.63, 3.8) is 0 Å². The number of nitrogens with zero attached hydrogens (tertiary/aromatic N) is 1. The molecule has 1 amide bonds. The molecule has 0 radical (unpaired) electrons. The molecule has 1 heterocycles. The van der Waals surface area contributed by atoms with Gasteiger partial charge in [-0.3, -0.25) is 4.79 Å². The van der Waals surface area contributed by atoms with Gasteiger partial charge in [-0.1, -0.05) is 6.07 Å². The predicted molar refractivity (Wildman–Crippen MR) is 80.2 cm³/mol. The smallest absolute Gasteiger partial charge is 0.255 e. The van der Waals surface area contributed by atoms with Crippen LogP contribution in [0.25, 0.3) is 0 Å². The lowest BCUT2D eigenvalue weighted by molar-refractivity contribution is 0.102. The number of aryl methyl sites for hydroxylation is 2. The molecule has 0 saturated heterocycles. The van der Waals surface area contributed by atoms with E-state index in [4.69, 9.17) is 0 Å². The Kier molecular flexibility index (Phi) is 3.37. The fraction of sp³-hybridized carbons (Fsp3) is 0.250. The van der Waals surface area contributed by atoms with E-state index < -0.39 is 0 Å². The van der Waals surface area contributed by atoms with Crippen molar-refractivity contribution in [2.75, 3.05) is 17.7 Å². The quantitative estimate of drug-likeness (QED) is 0.899. The number of nitrogens with one attached hydrogen (secondary N) is 2. The standard InChI is InChI=1S/C16H17N3O/c1-17-15-10-13(7-8-18-15)16(20)19-14-6-5-11-3-2-4-12(11)9-14/h5-10H,2-4H2,1H3,(H,17,18)(H,19,20). The topological polar surface area (TPSA) is 54.0 Å². The zero-order valence-corrected chi connectivity index (χ0v) is 11.4. The first kappa shape index (κ1) is 12.7. The van der Waals surface area contributed by atoms with Crippen molar-refractivity contribution < 1.29 is 4.79 Å². The molecule has 102 valence electrons. The Morgan fingerprint density at radius 2 is 2.00 bits per heavy atom. The Hall–Kier alpha value is -2.36. The van der Waals surface area contributed by atoms with Crippen LogP contribution in [0.4, 0.5) is 11.5 Å². The summed E-state index contributed by atoms with van der Waals surface area (Å²) < 4.78 is 0. The molecule has 1 aliphatic rings. The molecule has 0 spiro atoms. The molecule has 2 aromatic rings. The van der Waals surface area contributed by atoms with Crippen molar-refractivity contribution in [3.05, 3.63) is 53.2 Å². The van der Waals surface area contributed by atoms with Crippen molar-refractivity contribution >= 4 is 17.4 Å². The largest absolute Gasteiger partial charge is 0.373 e. The zero-order valence-electron chi connectivity index (χ0n) is 11.4. The van der Waals surface area contributed by atoms with E-state index in [1.54, 1.807) is 25.4 Å². The number of aromatic nitrogens is 1. The molecular weight excluding hydrogens is 250 g/mol. The number of hydrogen-bond donors (Lipinski definition) is 2. The van der Waals surface area contributed by atoms with E-state index in [0.717, 1.165) is 18.5 Å². The van der Waals surface area contributed by atoms with Gasteiger partial charge in [0.2, 0.25) is 0 Å². The van der Waals surface area contributed by atoms with Crippen molar-refractivity contribution in [1.82, 2.24) is 4.98 Å². The van der Waals surface area contributed by atoms with Crippen molar-refractivity contribution in [3.8, 4) is 0 Å². The number of rotatable bonds is 3. The minimum Gasteiger partial charge on any atom is -0.373 e. The Labute approximate surface area is 118 Å². The molecule has 1 aromatic carbocycles. The Balaban J connectivity index is 1.78. The second-order valence-electron chi connectivity index (χ2n) is 4.97. The van der Waals surface area contributed by atoms with Crippen LogP contribution in [-0.2, 0) is 12.8 Å². The average molecular weight is 267 g/mol. The van der Waals surface area contributed by atoms with Crippen LogP contribution in [0, 0.1) is 0 Å². The van der Waals surface area contributed by atoms with Gasteiger partial charge in [0.15, 0.2) is 0 Å². The van der Waals surface area contributed by atoms with Crippen molar-refractivity contribution in [2.45, 2.75) is 19.3 Å². The summed E-state index contributed by atoms with van der Waals surface area (Å²) in [6.45, 7) is 0. The minimum atomic E-state index is -0.109. The molecule has 0 aliphatic heterocycles. The maximum Gasteiger partial charge on any atom is 0.255 e. The number of carbonyl (C=O) groups is 1. The molecule has 0 bridgehead atoms. The van der Waals surface area contributed by atoms with Gasteiger partial charge < -0.3 is 10.6 Å². The highest BCUT2D eigenvalue weighted by Crippen LogP contribution is 2.25. The fourth-order valence-electron chi connectivity index (χ4n) is 2.56. The Morgan fingerprint density at radius 1 is 1.15 bits per heavy atom. The summed E-state index contributed by atoms with van der Waals surface area (Å²) in [6, 6.07) is 9.62. The summed E-state index contributed by atoms with van der Waals surface area (Å²) in [7, 11) is 1.78. The third kappa shape index (κ3) is 2.50. The van der Waals surface area contributed by atoms with Gasteiger partial charge in [-0.15, -0.1) is 0 Å². The van der Waals surface area contributed by atoms with Crippen molar-refractivity contribution in [1.29, 1.82) is 0 Å². The fourth-order valence-corrected chi connectivity index (χ4v) is 2.56. The molecule has 3 rings (SSSR count). The average Bonchev–Trinajstić information content (AvgIpc) is 2.95. The van der Waals surface area contributed by atoms with Crippen LogP contribution < -0.4 is 10.6 Å². The van der Waals surface area contributed by atoms with Crippen LogP contribution in [0.2, 0.25) is 0 Å². The number of fused-ring (bicyclic) bond motifs is 1. The summed E-state index contributed by atoms with van der Waals surface area (Å²) in [5, 5.41) is 5.87. The number of amides is 1. The first-order chi connectivity index (χ1) is 9.76. The van der Waals surface area contributed by atoms with E-state index in [1.165, 1.54) is 17.5 Å². The van der Waals surface area contributed by atoms with E-state index in [2.05, 4.69) is 27.8 Å². The lowest BCUT2D eigenvalue weighted by Gasteiger charge is -2.08. The van der Waals surface area contributed by atoms with E-state index in [9.17, 15) is 4.79 Å². The van der Waals surface area contributed by atoms with Crippen molar-refractivity contribution in [2.24, 2.45) is 0 Å². The molecule has 0 fully saturated rings. The van der Waals surface area contributed by atoms with Gasteiger partial charge in [0.05, 0.1) is 0 Å². The van der Waals surface area contributed by atoms with Gasteiger partial charge in [-0.05, 0) is 54.7 Å². The summed E-state index contributed by atoms with van der Waals surface area (Å²) in [5.41, 5.74) is 4.22. The molecule has 2 N–H and O–H groups in total. The van der Waals surface area contributed by atoms with E-state index in [1.807, 2.05) is 6.07 Å². The van der Waals surface area contributed by atoms with Gasteiger partial charge in [0, 0.05) is 24.5 Å². The zero-order chi connectivity index (χ0) is 13.9. The number of benzene rings is 1. The first-order valence-corrected chi connectivity index (χ1v) is 6.83. The summed E-state index contributed by atoms with van der Waals surface area (Å²) in [5.74, 6) is 0.577. The van der Waals surface area contributed by atoms with Gasteiger partial charge in [-0.2, -0.15) is 0 Å². The van der Waals surface area contributed by atoms with Crippen LogP contribution in [-0.4, -0.2) is 17.9 Å². The molecule has 20 heavy (non-hydrogen) atoms. The highest BCUT2D eigenvalue weighted by molar-refractivity contribution is 6.04. The SMILES string of the molecule is CNc1cc(C(=O)Nc2ccc3c(c2)CCC3)ccn1. The van der Waals surface area contributed by atoms with Crippen LogP contribution >= 0.6 is 0 Å². The second-order valence-corrected chi connectivity index (χ2v) is 4.97. The normalized spacial score (nSPS) is 12.8. The van der Waals surface area contributed by atoms with E-state index in [0.29, 0.717) is 11.4 Å². The highest BCUT2D eigenvalue weighted by atomic mass is 16.1. The Morgan fingerprint density at radius 3 is 2.85 bits per heavy atom. The maximum absolute atomic E-state index is 12.2. The first-order valence-electron chi connectivity index (χ1n) is 6.83. The number of carbonyl (C=O) groups excluding carboxylic acids is 1. The molecule has 4 heteroatoms. The highest BCUT2D eigenvalue weighted by Gasteiger charge is 2.12. The van der Waals surface area contributed by atoms with Crippen LogP contribution in [0.5, 0.6) is 0 Å². The lowest BCUT2D eigenvalue weighted by Crippen LogP contribution is -2.12. The molecule has 1 aliphatic carbocycles. The minimum absolute atomic E-state index is 0.109. The summed E-state index contributed by atoms with van der Waals surface area (Å²) in [6.07, 6.45) is 5.10. The Bertz CT molecular complexity index is 652. The van der Waals surface area contributed by atoms with Crippen LogP contribution in [0.3, 0.4) is 0 Å².